The Labute approximate surface area is 124 Å². The maximum Gasteiger partial charge on any atom is 1.00 e. The number of nitrogens with two attached hydrogens (primary N) is 2. The largest absolute Gasteiger partial charge is 1.00 e. The van der Waals surface area contributed by atoms with E-state index in [1.165, 1.54) is 0 Å². The molecule has 0 aliphatic carbocycles. The summed E-state index contributed by atoms with van der Waals surface area (Å²) in [5.41, 5.74) is 9.81. The number of rotatable bonds is 8. The molecule has 0 aromatic rings. The Morgan fingerprint density at radius 2 is 1.18 bits per heavy atom. The van der Waals surface area contributed by atoms with Crippen LogP contribution in [-0.4, -0.2) is 26.3 Å². The van der Waals surface area contributed by atoms with Crippen LogP contribution in [0.3, 0.4) is 0 Å². The standard InChI is InChI=1S/C4H8O6P2.C2H8N2.Na/c5-11(6)9-3-1-2-4-10-12(7)8;3-1-2-4;/h1-4H2;1-4H2;/q;;+1. The van der Waals surface area contributed by atoms with Crippen LogP contribution in [-0.2, 0) is 18.2 Å². The quantitative estimate of drug-likeness (QED) is 0.259. The first-order valence-electron chi connectivity index (χ1n) is 4.49. The fourth-order valence-corrected chi connectivity index (χ4v) is 1.04. The van der Waals surface area contributed by atoms with E-state index >= 15 is 0 Å². The fraction of sp³-hybridized carbons (Fsp3) is 1.00. The van der Waals surface area contributed by atoms with Gasteiger partial charge < -0.3 is 21.3 Å². The van der Waals surface area contributed by atoms with Crippen molar-refractivity contribution in [2.75, 3.05) is 26.3 Å². The van der Waals surface area contributed by atoms with Crippen molar-refractivity contribution in [1.82, 2.24) is 0 Å². The summed E-state index contributed by atoms with van der Waals surface area (Å²) < 4.78 is 28.0. The molecule has 0 radical (unpaired) electrons. The SMILES string of the molecule is NCCN.O=[P+]([O-])OCCCCO[P+](=O)[O-].[Na+]. The molecule has 0 spiro atoms. The van der Waals surface area contributed by atoms with E-state index in [-0.39, 0.29) is 42.8 Å². The van der Waals surface area contributed by atoms with Gasteiger partial charge in [0.15, 0.2) is 0 Å². The molecule has 17 heavy (non-hydrogen) atoms. The molecule has 0 saturated heterocycles. The van der Waals surface area contributed by atoms with Crippen LogP contribution in [0.5, 0.6) is 0 Å². The van der Waals surface area contributed by atoms with Gasteiger partial charge in [-0.3, -0.25) is 0 Å². The molecule has 11 heteroatoms. The minimum Gasteiger partial charge on any atom is -0.566 e. The Morgan fingerprint density at radius 1 is 0.882 bits per heavy atom. The number of hydrogen-bond donors (Lipinski definition) is 2. The van der Waals surface area contributed by atoms with Gasteiger partial charge in [-0.25, -0.2) is 0 Å². The predicted molar refractivity (Wildman–Crippen MR) is 54.5 cm³/mol. The molecular weight excluding hydrogens is 281 g/mol. The van der Waals surface area contributed by atoms with Gasteiger partial charge in [-0.1, -0.05) is 0 Å². The molecule has 0 rings (SSSR count). The third kappa shape index (κ3) is 31.6. The van der Waals surface area contributed by atoms with Gasteiger partial charge in [0.1, 0.15) is 13.2 Å². The molecule has 4 N–H and O–H groups in total. The van der Waals surface area contributed by atoms with Crippen LogP contribution in [0.1, 0.15) is 12.8 Å². The zero-order valence-corrected chi connectivity index (χ0v) is 13.5. The third-order valence-corrected chi connectivity index (χ3v) is 1.89. The first-order chi connectivity index (χ1) is 7.54. The van der Waals surface area contributed by atoms with E-state index in [9.17, 15) is 18.9 Å². The summed E-state index contributed by atoms with van der Waals surface area (Å²) in [5, 5.41) is 0. The summed E-state index contributed by atoms with van der Waals surface area (Å²) in [6.45, 7) is 1.33. The molecule has 0 aromatic heterocycles. The van der Waals surface area contributed by atoms with E-state index in [2.05, 4.69) is 9.05 Å². The summed E-state index contributed by atoms with van der Waals surface area (Å²) >= 11 is 0. The maximum atomic E-state index is 9.83. The normalized spacial score (nSPS) is 10.8. The first-order valence-corrected chi connectivity index (χ1v) is 6.68. The smallest absolute Gasteiger partial charge is 0.566 e. The van der Waals surface area contributed by atoms with Crippen LogP contribution < -0.4 is 50.8 Å². The zero-order valence-electron chi connectivity index (χ0n) is 9.74. The molecule has 0 aliphatic heterocycles. The molecule has 0 amide bonds. The van der Waals surface area contributed by atoms with Crippen molar-refractivity contribution in [2.24, 2.45) is 11.5 Å². The second-order valence-electron chi connectivity index (χ2n) is 2.40. The van der Waals surface area contributed by atoms with Crippen LogP contribution in [0, 0.1) is 0 Å². The molecule has 0 fully saturated rings. The Bertz CT molecular complexity index is 179. The molecule has 2 atom stereocenters. The van der Waals surface area contributed by atoms with Crippen LogP contribution in [0.4, 0.5) is 0 Å². The predicted octanol–water partition coefficient (Wildman–Crippen LogP) is -4.26. The monoisotopic (exact) mass is 297 g/mol. The van der Waals surface area contributed by atoms with Gasteiger partial charge in [-0.15, -0.1) is 9.05 Å². The van der Waals surface area contributed by atoms with Gasteiger partial charge in [-0.2, -0.15) is 0 Å². The molecule has 0 aromatic carbocycles. The van der Waals surface area contributed by atoms with E-state index in [0.717, 1.165) is 0 Å². The molecule has 0 aliphatic rings. The van der Waals surface area contributed by atoms with Crippen molar-refractivity contribution in [1.29, 1.82) is 0 Å². The second-order valence-corrected chi connectivity index (χ2v) is 3.81. The molecule has 2 unspecified atom stereocenters. The van der Waals surface area contributed by atoms with Gasteiger partial charge in [0, 0.05) is 13.1 Å². The van der Waals surface area contributed by atoms with E-state index in [1.807, 2.05) is 0 Å². The summed E-state index contributed by atoms with van der Waals surface area (Å²) in [7, 11) is -5.59. The molecule has 0 saturated carbocycles. The molecular formula is C6H16N2NaO6P2+. The van der Waals surface area contributed by atoms with E-state index in [4.69, 9.17) is 11.5 Å². The topological polar surface area (TPSA) is 151 Å². The average Bonchev–Trinajstić information content (AvgIpc) is 2.23. The summed E-state index contributed by atoms with van der Waals surface area (Å²) in [4.78, 5) is 19.7. The van der Waals surface area contributed by atoms with E-state index in [1.54, 1.807) is 0 Å². The van der Waals surface area contributed by atoms with Crippen LogP contribution in [0.15, 0.2) is 0 Å². The third-order valence-electron chi connectivity index (χ3n) is 1.10. The van der Waals surface area contributed by atoms with Gasteiger partial charge >= 0.3 is 46.1 Å². The minimum absolute atomic E-state index is 0. The van der Waals surface area contributed by atoms with Crippen molar-refractivity contribution in [2.45, 2.75) is 12.8 Å². The van der Waals surface area contributed by atoms with Crippen LogP contribution in [0.25, 0.3) is 0 Å². The van der Waals surface area contributed by atoms with Crippen molar-refractivity contribution in [3.05, 3.63) is 0 Å². The van der Waals surface area contributed by atoms with Crippen LogP contribution >= 0.6 is 16.5 Å². The maximum absolute atomic E-state index is 9.83. The zero-order chi connectivity index (χ0) is 12.8. The number of hydrogen-bond acceptors (Lipinski definition) is 8. The Hall–Kier alpha value is 0.960. The van der Waals surface area contributed by atoms with Crippen molar-refractivity contribution in [3.8, 4) is 0 Å². The van der Waals surface area contributed by atoms with Crippen molar-refractivity contribution < 1.29 is 57.5 Å². The second kappa shape index (κ2) is 19.3. The van der Waals surface area contributed by atoms with Gasteiger partial charge in [-0.05, 0) is 22.0 Å². The Kier molecular flexibility index (Phi) is 26.2. The van der Waals surface area contributed by atoms with Crippen LogP contribution in [0.2, 0.25) is 0 Å². The molecule has 8 nitrogen and oxygen atoms in total. The Morgan fingerprint density at radius 3 is 1.35 bits per heavy atom. The van der Waals surface area contributed by atoms with Crippen molar-refractivity contribution in [3.63, 3.8) is 0 Å². The van der Waals surface area contributed by atoms with Gasteiger partial charge in [0.25, 0.3) is 0 Å². The Balaban J connectivity index is -0.000000340. The first kappa shape index (κ1) is 23.1. The number of unbranched alkanes of at least 4 members (excludes halogenated alkanes) is 1. The van der Waals surface area contributed by atoms with Crippen molar-refractivity contribution >= 4 is 16.5 Å². The van der Waals surface area contributed by atoms with E-state index in [0.29, 0.717) is 25.9 Å². The summed E-state index contributed by atoms with van der Waals surface area (Å²) in [6.07, 6.45) is 0.902. The summed E-state index contributed by atoms with van der Waals surface area (Å²) in [6, 6.07) is 0. The average molecular weight is 297 g/mol. The summed E-state index contributed by atoms with van der Waals surface area (Å²) in [5.74, 6) is 0. The molecule has 96 valence electrons. The molecule has 0 heterocycles. The molecule has 0 bridgehead atoms. The van der Waals surface area contributed by atoms with Gasteiger partial charge in [0.05, 0.1) is 0 Å². The van der Waals surface area contributed by atoms with Gasteiger partial charge in [0.2, 0.25) is 0 Å². The van der Waals surface area contributed by atoms with E-state index < -0.39 is 16.5 Å². The minimum atomic E-state index is -2.79. The fourth-order valence-electron chi connectivity index (χ4n) is 0.482.